The van der Waals surface area contributed by atoms with Gasteiger partial charge in [0.15, 0.2) is 6.29 Å². The Morgan fingerprint density at radius 1 is 0.958 bits per heavy atom. The average Bonchev–Trinajstić information content (AvgIpc) is 3.80. The topological polar surface area (TPSA) is 132 Å². The van der Waals surface area contributed by atoms with Crippen LogP contribution in [0.2, 0.25) is 0 Å². The molecule has 0 aliphatic carbocycles. The van der Waals surface area contributed by atoms with Crippen LogP contribution in [-0.2, 0) is 32.2 Å². The summed E-state index contributed by atoms with van der Waals surface area (Å²) in [6.45, 7) is -0.0990. The van der Waals surface area contributed by atoms with Gasteiger partial charge in [-0.25, -0.2) is 0 Å². The Labute approximate surface area is 278 Å². The molecule has 11 nitrogen and oxygen atoms in total. The molecule has 6 rings (SSSR count). The molecule has 3 heterocycles. The Balaban J connectivity index is 1.12. The predicted molar refractivity (Wildman–Crippen MR) is 167 cm³/mol. The van der Waals surface area contributed by atoms with Gasteiger partial charge in [0.2, 0.25) is 11.1 Å². The largest absolute Gasteiger partial charge is 0.471 e. The molecule has 48 heavy (non-hydrogen) atoms. The van der Waals surface area contributed by atoms with E-state index in [-0.39, 0.29) is 38.3 Å². The summed E-state index contributed by atoms with van der Waals surface area (Å²) in [6.07, 6.45) is -5.24. The third-order valence-electron chi connectivity index (χ3n) is 8.23. The van der Waals surface area contributed by atoms with Crippen LogP contribution in [0.15, 0.2) is 84.0 Å². The molecule has 15 heteroatoms. The minimum atomic E-state index is -5.03. The highest BCUT2D eigenvalue weighted by Gasteiger charge is 2.47. The molecule has 252 valence electrons. The van der Waals surface area contributed by atoms with Crippen molar-refractivity contribution in [3.63, 3.8) is 0 Å². The molecule has 1 aromatic heterocycles. The van der Waals surface area contributed by atoms with Crippen molar-refractivity contribution in [3.8, 4) is 5.69 Å². The highest BCUT2D eigenvalue weighted by molar-refractivity contribution is 7.99. The van der Waals surface area contributed by atoms with E-state index in [1.165, 1.54) is 11.8 Å². The van der Waals surface area contributed by atoms with Gasteiger partial charge in [-0.05, 0) is 52.1 Å². The number of carbonyl (C=O) groups excluding carboxylic acids is 2. The van der Waals surface area contributed by atoms with Crippen molar-refractivity contribution in [2.24, 2.45) is 0 Å². The van der Waals surface area contributed by atoms with Gasteiger partial charge in [-0.15, -0.1) is 5.10 Å². The molecule has 0 spiro atoms. The Bertz CT molecular complexity index is 1690. The predicted octanol–water partition coefficient (Wildman–Crippen LogP) is 4.66. The van der Waals surface area contributed by atoms with Crippen LogP contribution < -0.4 is 5.32 Å². The van der Waals surface area contributed by atoms with Gasteiger partial charge in [0, 0.05) is 30.8 Å². The van der Waals surface area contributed by atoms with Crippen LogP contribution in [0.25, 0.3) is 5.69 Å². The fourth-order valence-corrected chi connectivity index (χ4v) is 6.64. The number of aliphatic hydroxyl groups excluding tert-OH is 1. The number of likely N-dealkylation sites (tertiary alicyclic amines) is 1. The number of rotatable bonds is 10. The summed E-state index contributed by atoms with van der Waals surface area (Å²) in [6, 6.07) is 23.2. The van der Waals surface area contributed by atoms with Crippen molar-refractivity contribution in [1.29, 1.82) is 0 Å². The number of nitrogens with one attached hydrogen (secondary N) is 1. The number of aromatic nitrogens is 4. The van der Waals surface area contributed by atoms with Gasteiger partial charge in [-0.1, -0.05) is 78.5 Å². The number of alkyl halides is 3. The molecule has 3 aromatic carbocycles. The summed E-state index contributed by atoms with van der Waals surface area (Å²) in [5.74, 6) is -2.08. The number of amides is 2. The minimum Gasteiger partial charge on any atom is -0.392 e. The number of carbonyl (C=O) groups is 2. The lowest BCUT2D eigenvalue weighted by molar-refractivity contribution is -0.245. The van der Waals surface area contributed by atoms with Gasteiger partial charge in [0.05, 0.1) is 24.5 Å². The molecule has 2 aliphatic heterocycles. The van der Waals surface area contributed by atoms with Crippen LogP contribution in [0.4, 0.5) is 13.2 Å². The lowest BCUT2D eigenvalue weighted by Crippen LogP contribution is -2.50. The monoisotopic (exact) mass is 682 g/mol. The van der Waals surface area contributed by atoms with Gasteiger partial charge in [-0.3, -0.25) is 9.59 Å². The molecule has 0 saturated carbocycles. The van der Waals surface area contributed by atoms with Crippen molar-refractivity contribution < 1.29 is 37.3 Å². The zero-order valence-corrected chi connectivity index (χ0v) is 26.4. The van der Waals surface area contributed by atoms with Crippen LogP contribution in [-0.4, -0.2) is 72.6 Å². The van der Waals surface area contributed by atoms with Crippen LogP contribution >= 0.6 is 11.8 Å². The molecule has 2 aliphatic rings. The first kappa shape index (κ1) is 33.6. The summed E-state index contributed by atoms with van der Waals surface area (Å²) in [4.78, 5) is 25.1. The highest BCUT2D eigenvalue weighted by Crippen LogP contribution is 2.39. The van der Waals surface area contributed by atoms with Crippen molar-refractivity contribution >= 4 is 23.6 Å². The lowest BCUT2D eigenvalue weighted by Gasteiger charge is -2.36. The first-order valence-corrected chi connectivity index (χ1v) is 16.4. The van der Waals surface area contributed by atoms with Gasteiger partial charge in [0.25, 0.3) is 0 Å². The Morgan fingerprint density at radius 2 is 1.67 bits per heavy atom. The zero-order valence-electron chi connectivity index (χ0n) is 25.6. The molecule has 2 fully saturated rings. The number of nitrogens with zero attached hydrogens (tertiary/aromatic N) is 5. The Hall–Kier alpha value is -4.31. The first-order chi connectivity index (χ1) is 23.2. The minimum absolute atomic E-state index is 0.0651. The number of thioether (sulfide) groups is 1. The van der Waals surface area contributed by atoms with Gasteiger partial charge < -0.3 is 24.8 Å². The molecule has 0 unspecified atom stereocenters. The smallest absolute Gasteiger partial charge is 0.392 e. The van der Waals surface area contributed by atoms with E-state index in [1.807, 2.05) is 66.7 Å². The second kappa shape index (κ2) is 14.8. The quantitative estimate of drug-likeness (QED) is 0.229. The Morgan fingerprint density at radius 3 is 2.38 bits per heavy atom. The summed E-state index contributed by atoms with van der Waals surface area (Å²) < 4.78 is 53.5. The van der Waals surface area contributed by atoms with E-state index in [0.717, 1.165) is 22.4 Å². The molecule has 4 atom stereocenters. The van der Waals surface area contributed by atoms with Crippen LogP contribution in [0, 0.1) is 0 Å². The number of ether oxygens (including phenoxy) is 2. The van der Waals surface area contributed by atoms with E-state index in [2.05, 4.69) is 20.8 Å². The van der Waals surface area contributed by atoms with Crippen molar-refractivity contribution in [1.82, 2.24) is 30.4 Å². The maximum Gasteiger partial charge on any atom is 0.471 e. The normalized spacial score (nSPS) is 21.3. The molecule has 2 saturated heterocycles. The summed E-state index contributed by atoms with van der Waals surface area (Å²) in [7, 11) is 0. The number of hydrogen-bond acceptors (Lipinski definition) is 9. The maximum atomic E-state index is 13.0. The van der Waals surface area contributed by atoms with Crippen LogP contribution in [0.5, 0.6) is 0 Å². The number of halogens is 3. The number of tetrazole rings is 1. The number of aliphatic hydroxyl groups is 1. The Kier molecular flexibility index (Phi) is 10.4. The standard InChI is InChI=1S/C33H33F3N6O5S/c34-33(35,36)31(45)41-16-4-7-27(41)29(44)37-18-21-8-14-24(15-9-21)30-46-26(17-28(47-30)23-12-10-22(19-43)11-13-23)20-48-32-38-39-40-42(32)25-5-2-1-3-6-25/h1-3,5-6,8-15,26-28,30,43H,4,7,16-20H2,(H,37,44)/t26-,27+,28+,30+/m1/s1. The fourth-order valence-electron chi connectivity index (χ4n) is 5.74. The van der Waals surface area contributed by atoms with Gasteiger partial charge in [0.1, 0.15) is 6.04 Å². The van der Waals surface area contributed by atoms with Gasteiger partial charge in [-0.2, -0.15) is 17.9 Å². The fraction of sp³-hybridized carbons (Fsp3) is 0.364. The van der Waals surface area contributed by atoms with Crippen molar-refractivity contribution in [2.75, 3.05) is 12.3 Å². The maximum absolute atomic E-state index is 13.0. The molecule has 2 N–H and O–H groups in total. The zero-order chi connectivity index (χ0) is 33.7. The summed E-state index contributed by atoms with van der Waals surface area (Å²) in [5.41, 5.74) is 4.02. The first-order valence-electron chi connectivity index (χ1n) is 15.4. The van der Waals surface area contributed by atoms with E-state index in [4.69, 9.17) is 9.47 Å². The van der Waals surface area contributed by atoms with Gasteiger partial charge >= 0.3 is 12.1 Å². The van der Waals surface area contributed by atoms with Crippen molar-refractivity contribution in [3.05, 3.63) is 101 Å². The van der Waals surface area contributed by atoms with Crippen LogP contribution in [0.3, 0.4) is 0 Å². The van der Waals surface area contributed by atoms with Crippen molar-refractivity contribution in [2.45, 2.75) is 68.3 Å². The third-order valence-corrected chi connectivity index (χ3v) is 9.28. The molecule has 0 radical (unpaired) electrons. The number of para-hydroxylation sites is 1. The third kappa shape index (κ3) is 7.86. The number of benzene rings is 3. The summed E-state index contributed by atoms with van der Waals surface area (Å²) >= 11 is 1.47. The second-order valence-corrected chi connectivity index (χ2v) is 12.5. The van der Waals surface area contributed by atoms with E-state index in [1.54, 1.807) is 16.8 Å². The highest BCUT2D eigenvalue weighted by atomic mass is 32.2. The van der Waals surface area contributed by atoms with E-state index >= 15 is 0 Å². The van der Waals surface area contributed by atoms with Crippen LogP contribution in [0.1, 0.15) is 53.9 Å². The molecular weight excluding hydrogens is 649 g/mol. The average molecular weight is 683 g/mol. The van der Waals surface area contributed by atoms with E-state index in [9.17, 15) is 27.9 Å². The van der Waals surface area contributed by atoms with E-state index < -0.39 is 30.3 Å². The summed E-state index contributed by atoms with van der Waals surface area (Å²) in [5, 5.41) is 24.9. The second-order valence-electron chi connectivity index (χ2n) is 11.5. The molecular formula is C33H33F3N6O5S. The molecule has 0 bridgehead atoms. The lowest BCUT2D eigenvalue weighted by atomic mass is 10.0. The number of hydrogen-bond donors (Lipinski definition) is 2. The van der Waals surface area contributed by atoms with E-state index in [0.29, 0.717) is 34.2 Å². The molecule has 4 aromatic rings. The molecule has 2 amide bonds. The SMILES string of the molecule is O=C(NCc1ccc([C@H]2O[C@@H](CSc3nnnn3-c3ccccc3)C[C@@H](c3ccc(CO)cc3)O2)cc1)[C@@H]1CCCN1C(=O)C(F)(F)F.